The van der Waals surface area contributed by atoms with E-state index in [0.29, 0.717) is 0 Å². The number of guanidine groups is 1. The third kappa shape index (κ3) is 2.98. The lowest BCUT2D eigenvalue weighted by Gasteiger charge is -2.27. The second kappa shape index (κ2) is 5.97. The number of aromatic hydroxyl groups is 1. The summed E-state index contributed by atoms with van der Waals surface area (Å²) in [4.78, 5) is 4.38. The zero-order valence-corrected chi connectivity index (χ0v) is 12.8. The first-order valence-corrected chi connectivity index (χ1v) is 7.35. The highest BCUT2D eigenvalue weighted by atomic mass is 16.3. The lowest BCUT2D eigenvalue weighted by Crippen LogP contribution is -2.44. The molecule has 114 valence electrons. The average Bonchev–Trinajstić information content (AvgIpc) is 3.01. The van der Waals surface area contributed by atoms with Crippen molar-refractivity contribution in [1.29, 1.82) is 0 Å². The number of benzene rings is 2. The van der Waals surface area contributed by atoms with Gasteiger partial charge in [-0.1, -0.05) is 12.1 Å². The van der Waals surface area contributed by atoms with Crippen molar-refractivity contribution < 1.29 is 5.11 Å². The van der Waals surface area contributed by atoms with Gasteiger partial charge >= 0.3 is 0 Å². The van der Waals surface area contributed by atoms with Crippen molar-refractivity contribution in [1.82, 2.24) is 10.7 Å². The quantitative estimate of drug-likeness (QED) is 0.762. The van der Waals surface area contributed by atoms with E-state index in [0.717, 1.165) is 30.4 Å². The molecule has 2 aromatic carbocycles. The Hall–Kier alpha value is -2.69. The number of anilines is 2. The topological polar surface area (TPSA) is 59.9 Å². The first kappa shape index (κ1) is 14.3. The molecular formula is C17H20N4O. The second-order valence-corrected chi connectivity index (χ2v) is 5.39. The Morgan fingerprint density at radius 3 is 2.59 bits per heavy atom. The van der Waals surface area contributed by atoms with Crippen LogP contribution in [0.15, 0.2) is 47.5 Å². The number of rotatable bonds is 3. The molecule has 0 unspecified atom stereocenters. The SMILES string of the molecule is Cc1ccc(N(NC2=NCCN2)c2cccc(O)c2)cc1C. The fourth-order valence-corrected chi connectivity index (χ4v) is 2.35. The number of hydrazine groups is 1. The van der Waals surface area contributed by atoms with Crippen LogP contribution in [0.25, 0.3) is 0 Å². The molecule has 5 nitrogen and oxygen atoms in total. The Morgan fingerprint density at radius 2 is 1.91 bits per heavy atom. The molecule has 1 aliphatic heterocycles. The number of aliphatic imine (C=N–C) groups is 1. The summed E-state index contributed by atoms with van der Waals surface area (Å²) in [6.45, 7) is 5.78. The molecule has 3 rings (SSSR count). The standard InChI is InChI=1S/C17H20N4O/c1-12-6-7-15(10-13(12)2)21(20-17-18-8-9-19-17)14-4-3-5-16(22)11-14/h3-7,10-11,22H,8-9H2,1-2H3,(H2,18,19,20). The Balaban J connectivity index is 1.99. The van der Waals surface area contributed by atoms with Gasteiger partial charge in [0.1, 0.15) is 5.75 Å². The van der Waals surface area contributed by atoms with Crippen LogP contribution in [-0.2, 0) is 0 Å². The van der Waals surface area contributed by atoms with Gasteiger partial charge in [0.15, 0.2) is 0 Å². The summed E-state index contributed by atoms with van der Waals surface area (Å²) in [5.41, 5.74) is 7.58. The molecule has 0 amide bonds. The molecule has 0 fully saturated rings. The Kier molecular flexibility index (Phi) is 3.87. The lowest BCUT2D eigenvalue weighted by molar-refractivity contribution is 0.475. The van der Waals surface area contributed by atoms with Crippen LogP contribution in [0.2, 0.25) is 0 Å². The Morgan fingerprint density at radius 1 is 1.09 bits per heavy atom. The van der Waals surface area contributed by atoms with Crippen LogP contribution in [0.1, 0.15) is 11.1 Å². The van der Waals surface area contributed by atoms with E-state index < -0.39 is 0 Å². The van der Waals surface area contributed by atoms with Crippen molar-refractivity contribution in [3.05, 3.63) is 53.6 Å². The minimum Gasteiger partial charge on any atom is -0.508 e. The van der Waals surface area contributed by atoms with Crippen LogP contribution < -0.4 is 15.8 Å². The van der Waals surface area contributed by atoms with E-state index in [1.165, 1.54) is 11.1 Å². The van der Waals surface area contributed by atoms with Gasteiger partial charge in [0, 0.05) is 12.6 Å². The van der Waals surface area contributed by atoms with Crippen LogP contribution >= 0.6 is 0 Å². The normalized spacial score (nSPS) is 13.5. The maximum atomic E-state index is 9.77. The summed E-state index contributed by atoms with van der Waals surface area (Å²) < 4.78 is 0. The molecule has 0 spiro atoms. The van der Waals surface area contributed by atoms with Crippen LogP contribution in [0.4, 0.5) is 11.4 Å². The lowest BCUT2D eigenvalue weighted by atomic mass is 10.1. The van der Waals surface area contributed by atoms with Gasteiger partial charge in [-0.15, -0.1) is 0 Å². The van der Waals surface area contributed by atoms with Gasteiger partial charge in [0.2, 0.25) is 5.96 Å². The molecule has 0 saturated heterocycles. The fourth-order valence-electron chi connectivity index (χ4n) is 2.35. The zero-order valence-electron chi connectivity index (χ0n) is 12.8. The molecule has 0 aromatic heterocycles. The van der Waals surface area contributed by atoms with Crippen molar-refractivity contribution >= 4 is 17.3 Å². The second-order valence-electron chi connectivity index (χ2n) is 5.39. The Labute approximate surface area is 130 Å². The van der Waals surface area contributed by atoms with Crippen LogP contribution in [0.3, 0.4) is 0 Å². The first-order chi connectivity index (χ1) is 10.6. The fraction of sp³-hybridized carbons (Fsp3) is 0.235. The van der Waals surface area contributed by atoms with E-state index in [2.05, 4.69) is 47.8 Å². The van der Waals surface area contributed by atoms with Crippen molar-refractivity contribution in [2.75, 3.05) is 18.1 Å². The van der Waals surface area contributed by atoms with E-state index in [4.69, 9.17) is 0 Å². The number of aryl methyl sites for hydroxylation is 2. The summed E-state index contributed by atoms with van der Waals surface area (Å²) in [6.07, 6.45) is 0. The van der Waals surface area contributed by atoms with Gasteiger partial charge in [-0.05, 0) is 49.2 Å². The molecule has 3 N–H and O–H groups in total. The van der Waals surface area contributed by atoms with Crippen molar-refractivity contribution in [2.24, 2.45) is 4.99 Å². The van der Waals surface area contributed by atoms with Crippen molar-refractivity contribution in [2.45, 2.75) is 13.8 Å². The molecule has 1 aliphatic rings. The zero-order chi connectivity index (χ0) is 15.5. The van der Waals surface area contributed by atoms with Gasteiger partial charge in [0.05, 0.1) is 17.9 Å². The van der Waals surface area contributed by atoms with E-state index in [-0.39, 0.29) is 5.75 Å². The van der Waals surface area contributed by atoms with Crippen molar-refractivity contribution in [3.63, 3.8) is 0 Å². The van der Waals surface area contributed by atoms with Crippen LogP contribution in [0, 0.1) is 13.8 Å². The number of hydrogen-bond acceptors (Lipinski definition) is 5. The predicted molar refractivity (Wildman–Crippen MR) is 89.6 cm³/mol. The van der Waals surface area contributed by atoms with Gasteiger partial charge in [-0.25, -0.2) is 0 Å². The minimum atomic E-state index is 0.231. The van der Waals surface area contributed by atoms with Crippen molar-refractivity contribution in [3.8, 4) is 5.75 Å². The highest BCUT2D eigenvalue weighted by molar-refractivity contribution is 5.85. The molecule has 1 heterocycles. The summed E-state index contributed by atoms with van der Waals surface area (Å²) in [6, 6.07) is 13.4. The average molecular weight is 296 g/mol. The monoisotopic (exact) mass is 296 g/mol. The van der Waals surface area contributed by atoms with E-state index in [1.54, 1.807) is 12.1 Å². The molecule has 2 aromatic rings. The van der Waals surface area contributed by atoms with Gasteiger partial charge in [0.25, 0.3) is 0 Å². The van der Waals surface area contributed by atoms with Crippen LogP contribution in [-0.4, -0.2) is 24.2 Å². The minimum absolute atomic E-state index is 0.231. The van der Waals surface area contributed by atoms with E-state index in [9.17, 15) is 5.11 Å². The number of nitrogens with zero attached hydrogens (tertiary/aromatic N) is 2. The number of nitrogens with one attached hydrogen (secondary N) is 2. The highest BCUT2D eigenvalue weighted by Crippen LogP contribution is 2.27. The van der Waals surface area contributed by atoms with Gasteiger partial charge in [-0.2, -0.15) is 0 Å². The summed E-state index contributed by atoms with van der Waals surface area (Å²) in [7, 11) is 0. The third-order valence-electron chi connectivity index (χ3n) is 3.73. The molecule has 0 saturated carbocycles. The third-order valence-corrected chi connectivity index (χ3v) is 3.73. The van der Waals surface area contributed by atoms with E-state index in [1.807, 2.05) is 17.1 Å². The maximum absolute atomic E-state index is 9.77. The molecule has 0 radical (unpaired) electrons. The summed E-state index contributed by atoms with van der Waals surface area (Å²) in [5, 5.41) is 14.9. The van der Waals surface area contributed by atoms with Crippen LogP contribution in [0.5, 0.6) is 5.75 Å². The predicted octanol–water partition coefficient (Wildman–Crippen LogP) is 2.61. The van der Waals surface area contributed by atoms with Gasteiger partial charge < -0.3 is 10.4 Å². The number of phenolic OH excluding ortho intramolecular Hbond substituents is 1. The highest BCUT2D eigenvalue weighted by Gasteiger charge is 2.14. The molecular weight excluding hydrogens is 276 g/mol. The molecule has 22 heavy (non-hydrogen) atoms. The molecule has 0 atom stereocenters. The van der Waals surface area contributed by atoms with Gasteiger partial charge in [-0.3, -0.25) is 15.4 Å². The molecule has 0 aliphatic carbocycles. The molecule has 5 heteroatoms. The van der Waals surface area contributed by atoms with E-state index >= 15 is 0 Å². The number of hydrogen-bond donors (Lipinski definition) is 3. The summed E-state index contributed by atoms with van der Waals surface area (Å²) in [5.74, 6) is 0.969. The summed E-state index contributed by atoms with van der Waals surface area (Å²) >= 11 is 0. The largest absolute Gasteiger partial charge is 0.508 e. The number of phenols is 1. The smallest absolute Gasteiger partial charge is 0.210 e. The first-order valence-electron chi connectivity index (χ1n) is 7.35. The maximum Gasteiger partial charge on any atom is 0.210 e. The Bertz CT molecular complexity index is 712. The molecule has 0 bridgehead atoms.